The molecular formula is C19H24N4O6S. The molecule has 11 heteroatoms. The largest absolute Gasteiger partial charge is 0.465 e. The van der Waals surface area contributed by atoms with Crippen LogP contribution in [0.5, 0.6) is 0 Å². The minimum atomic E-state index is -4.04. The van der Waals surface area contributed by atoms with Gasteiger partial charge in [-0.05, 0) is 31.9 Å². The van der Waals surface area contributed by atoms with Crippen molar-refractivity contribution in [2.75, 3.05) is 13.1 Å². The number of sulfonamides is 1. The Kier molecular flexibility index (Phi) is 6.30. The molecule has 1 aromatic carbocycles. The molecule has 2 heterocycles. The van der Waals surface area contributed by atoms with Crippen molar-refractivity contribution in [3.05, 3.63) is 42.2 Å². The number of carboxylic acid groups (broad SMARTS) is 1. The Labute approximate surface area is 174 Å². The number of nitrogens with zero attached hydrogens (tertiary/aromatic N) is 2. The summed E-state index contributed by atoms with van der Waals surface area (Å²) in [5.41, 5.74) is 0.889. The lowest BCUT2D eigenvalue weighted by atomic mass is 10.1. The second-order valence-corrected chi connectivity index (χ2v) is 9.17. The summed E-state index contributed by atoms with van der Waals surface area (Å²) in [5.74, 6) is -1.13. The number of piperidine rings is 1. The van der Waals surface area contributed by atoms with Crippen molar-refractivity contribution in [2.24, 2.45) is 0 Å². The number of hydrogen-bond acceptors (Lipinski definition) is 5. The summed E-state index contributed by atoms with van der Waals surface area (Å²) in [4.78, 5) is 37.3. The molecule has 3 N–H and O–H groups in total. The monoisotopic (exact) mass is 436 g/mol. The van der Waals surface area contributed by atoms with E-state index in [0.717, 1.165) is 9.87 Å². The normalized spacial score (nSPS) is 21.8. The van der Waals surface area contributed by atoms with Crippen molar-refractivity contribution < 1.29 is 27.9 Å². The lowest BCUT2D eigenvalue weighted by Gasteiger charge is -2.33. The molecule has 1 fully saturated rings. The molecule has 3 amide bonds. The van der Waals surface area contributed by atoms with E-state index in [9.17, 15) is 22.8 Å². The molecule has 0 aromatic heterocycles. The Morgan fingerprint density at radius 2 is 1.97 bits per heavy atom. The number of carbonyl (C=O) groups is 3. The molecule has 162 valence electrons. The Morgan fingerprint density at radius 3 is 2.63 bits per heavy atom. The van der Waals surface area contributed by atoms with E-state index in [0.29, 0.717) is 19.4 Å². The van der Waals surface area contributed by atoms with Crippen molar-refractivity contribution in [1.82, 2.24) is 19.8 Å². The zero-order chi connectivity index (χ0) is 21.9. The number of aryl methyl sites for hydroxylation is 1. The highest BCUT2D eigenvalue weighted by atomic mass is 32.2. The van der Waals surface area contributed by atoms with Crippen LogP contribution >= 0.6 is 0 Å². The fourth-order valence-corrected chi connectivity index (χ4v) is 4.95. The van der Waals surface area contributed by atoms with Gasteiger partial charge in [-0.1, -0.05) is 17.7 Å². The molecule has 0 unspecified atom stereocenters. The Bertz CT molecular complexity index is 960. The van der Waals surface area contributed by atoms with Crippen LogP contribution in [-0.4, -0.2) is 65.8 Å². The van der Waals surface area contributed by atoms with Gasteiger partial charge in [-0.15, -0.1) is 0 Å². The Hall–Kier alpha value is -3.08. The van der Waals surface area contributed by atoms with Gasteiger partial charge in [0.15, 0.2) is 0 Å². The molecule has 2 atom stereocenters. The van der Waals surface area contributed by atoms with Crippen LogP contribution in [0.25, 0.3) is 0 Å². The third-order valence-corrected chi connectivity index (χ3v) is 6.89. The van der Waals surface area contributed by atoms with E-state index < -0.39 is 34.0 Å². The van der Waals surface area contributed by atoms with Gasteiger partial charge in [-0.3, -0.25) is 13.9 Å². The van der Waals surface area contributed by atoms with Crippen LogP contribution in [-0.2, 0) is 19.6 Å². The molecule has 1 saturated heterocycles. The molecule has 1 aromatic rings. The van der Waals surface area contributed by atoms with Gasteiger partial charge in [0.05, 0.1) is 11.3 Å². The molecule has 0 bridgehead atoms. The average molecular weight is 436 g/mol. The summed E-state index contributed by atoms with van der Waals surface area (Å²) >= 11 is 0. The average Bonchev–Trinajstić information content (AvgIpc) is 2.70. The highest BCUT2D eigenvalue weighted by molar-refractivity contribution is 7.89. The Morgan fingerprint density at radius 1 is 1.27 bits per heavy atom. The van der Waals surface area contributed by atoms with E-state index in [4.69, 9.17) is 5.11 Å². The first-order valence-electron chi connectivity index (χ1n) is 9.53. The molecule has 3 rings (SSSR count). The Balaban J connectivity index is 1.73. The summed E-state index contributed by atoms with van der Waals surface area (Å²) in [6, 6.07) is 4.57. The lowest BCUT2D eigenvalue weighted by Crippen LogP contribution is -2.53. The second-order valence-electron chi connectivity index (χ2n) is 7.33. The smallest absolute Gasteiger partial charge is 0.407 e. The van der Waals surface area contributed by atoms with E-state index in [-0.39, 0.29) is 23.9 Å². The topological polar surface area (TPSA) is 136 Å². The number of hydrogen-bond donors (Lipinski definition) is 3. The summed E-state index contributed by atoms with van der Waals surface area (Å²) in [5, 5.41) is 14.3. The van der Waals surface area contributed by atoms with Crippen LogP contribution in [0.3, 0.4) is 0 Å². The van der Waals surface area contributed by atoms with E-state index in [2.05, 4.69) is 10.6 Å². The first-order chi connectivity index (χ1) is 14.2. The number of nitrogens with one attached hydrogen (secondary N) is 2. The first-order valence-corrected chi connectivity index (χ1v) is 11.0. The van der Waals surface area contributed by atoms with Gasteiger partial charge < -0.3 is 20.6 Å². The number of carbonyl (C=O) groups excluding carboxylic acids is 2. The maximum Gasteiger partial charge on any atom is 0.407 e. The van der Waals surface area contributed by atoms with Crippen molar-refractivity contribution in [3.63, 3.8) is 0 Å². The predicted molar refractivity (Wildman–Crippen MR) is 107 cm³/mol. The fourth-order valence-electron chi connectivity index (χ4n) is 3.50. The predicted octanol–water partition coefficient (Wildman–Crippen LogP) is 0.604. The molecule has 0 saturated carbocycles. The summed E-state index contributed by atoms with van der Waals surface area (Å²) < 4.78 is 27.0. The molecule has 10 nitrogen and oxygen atoms in total. The maximum atomic E-state index is 13.0. The second kappa shape index (κ2) is 8.74. The van der Waals surface area contributed by atoms with E-state index in [1.54, 1.807) is 12.1 Å². The van der Waals surface area contributed by atoms with Gasteiger partial charge in [0, 0.05) is 31.5 Å². The van der Waals surface area contributed by atoms with Crippen LogP contribution in [0.1, 0.15) is 24.8 Å². The summed E-state index contributed by atoms with van der Waals surface area (Å²) in [6.45, 7) is 2.39. The highest BCUT2D eigenvalue weighted by Crippen LogP contribution is 2.23. The van der Waals surface area contributed by atoms with Crippen LogP contribution in [0.4, 0.5) is 4.79 Å². The van der Waals surface area contributed by atoms with Crippen molar-refractivity contribution in [1.29, 1.82) is 0 Å². The van der Waals surface area contributed by atoms with E-state index in [1.165, 1.54) is 29.4 Å². The van der Waals surface area contributed by atoms with Crippen molar-refractivity contribution >= 4 is 27.9 Å². The van der Waals surface area contributed by atoms with Gasteiger partial charge in [-0.25, -0.2) is 13.2 Å². The molecule has 2 aliphatic heterocycles. The van der Waals surface area contributed by atoms with Gasteiger partial charge in [0.25, 0.3) is 10.0 Å². The molecule has 30 heavy (non-hydrogen) atoms. The van der Waals surface area contributed by atoms with Crippen LogP contribution in [0.15, 0.2) is 41.6 Å². The standard InChI is InChI=1S/C19H24N4O6S/c1-13-4-6-15(7-5-13)30(28,29)23-10-8-20-18(25)16(23)11-17(24)21-14-3-2-9-22(12-14)19(26)27/h4-8,10,14,16H,2-3,9,11-12H2,1H3,(H,20,25)(H,21,24)(H,26,27)/t14-,16-/m1/s1. The molecule has 0 radical (unpaired) electrons. The van der Waals surface area contributed by atoms with Crippen LogP contribution in [0, 0.1) is 6.92 Å². The van der Waals surface area contributed by atoms with Crippen molar-refractivity contribution in [2.45, 2.75) is 43.2 Å². The zero-order valence-electron chi connectivity index (χ0n) is 16.4. The number of likely N-dealkylation sites (tertiary alicyclic amines) is 1. The molecule has 2 aliphatic rings. The molecule has 0 aliphatic carbocycles. The minimum Gasteiger partial charge on any atom is -0.465 e. The third-order valence-electron chi connectivity index (χ3n) is 5.09. The van der Waals surface area contributed by atoms with Gasteiger partial charge in [0.1, 0.15) is 6.04 Å². The fraction of sp³-hybridized carbons (Fsp3) is 0.421. The van der Waals surface area contributed by atoms with Crippen LogP contribution in [0.2, 0.25) is 0 Å². The molecular weight excluding hydrogens is 412 g/mol. The highest BCUT2D eigenvalue weighted by Gasteiger charge is 2.37. The first kappa shape index (κ1) is 21.6. The minimum absolute atomic E-state index is 0.0160. The van der Waals surface area contributed by atoms with E-state index in [1.807, 2.05) is 6.92 Å². The summed E-state index contributed by atoms with van der Waals surface area (Å²) in [6.07, 6.45) is 2.22. The lowest BCUT2D eigenvalue weighted by molar-refractivity contribution is -0.130. The van der Waals surface area contributed by atoms with Gasteiger partial charge in [-0.2, -0.15) is 0 Å². The SMILES string of the molecule is Cc1ccc(S(=O)(=O)N2C=CNC(=O)[C@H]2CC(=O)N[C@@H]2CCCN(C(=O)O)C2)cc1. The van der Waals surface area contributed by atoms with Gasteiger partial charge >= 0.3 is 6.09 Å². The van der Waals surface area contributed by atoms with Crippen molar-refractivity contribution in [3.8, 4) is 0 Å². The quantitative estimate of drug-likeness (QED) is 0.619. The zero-order valence-corrected chi connectivity index (χ0v) is 17.3. The summed E-state index contributed by atoms with van der Waals surface area (Å²) in [7, 11) is -4.04. The van der Waals surface area contributed by atoms with E-state index >= 15 is 0 Å². The van der Waals surface area contributed by atoms with Crippen LogP contribution < -0.4 is 10.6 Å². The number of amides is 3. The van der Waals surface area contributed by atoms with Gasteiger partial charge in [0.2, 0.25) is 11.8 Å². The molecule has 0 spiro atoms. The third kappa shape index (κ3) is 4.73. The number of rotatable bonds is 5. The number of benzene rings is 1. The maximum absolute atomic E-state index is 13.0.